The van der Waals surface area contributed by atoms with E-state index in [0.29, 0.717) is 12.1 Å². The van der Waals surface area contributed by atoms with Crippen LogP contribution in [0.25, 0.3) is 0 Å². The van der Waals surface area contributed by atoms with Crippen LogP contribution >= 0.6 is 0 Å². The minimum atomic E-state index is -0.0310. The summed E-state index contributed by atoms with van der Waals surface area (Å²) in [5.41, 5.74) is 2.91. The smallest absolute Gasteiger partial charge is 0.251 e. The van der Waals surface area contributed by atoms with Crippen molar-refractivity contribution in [3.8, 4) is 0 Å². The molecule has 100 valence electrons. The van der Waals surface area contributed by atoms with Crippen LogP contribution in [0.2, 0.25) is 0 Å². The topological polar surface area (TPSA) is 46.1 Å². The maximum atomic E-state index is 11.6. The van der Waals surface area contributed by atoms with Gasteiger partial charge in [0.25, 0.3) is 5.91 Å². The van der Waals surface area contributed by atoms with Crippen LogP contribution in [-0.4, -0.2) is 17.0 Å². The van der Waals surface area contributed by atoms with Gasteiger partial charge in [-0.05, 0) is 43.3 Å². The molecule has 1 aromatic heterocycles. The SMILES string of the molecule is CCNC(=O)c1ccc(NCc2cccn2C)cc1. The summed E-state index contributed by atoms with van der Waals surface area (Å²) < 4.78 is 2.08. The molecular formula is C15H19N3O. The van der Waals surface area contributed by atoms with E-state index in [2.05, 4.69) is 21.3 Å². The molecule has 0 unspecified atom stereocenters. The van der Waals surface area contributed by atoms with Crippen LogP contribution in [-0.2, 0) is 13.6 Å². The first-order chi connectivity index (χ1) is 9.20. The molecule has 0 saturated heterocycles. The van der Waals surface area contributed by atoms with Crippen LogP contribution < -0.4 is 10.6 Å². The lowest BCUT2D eigenvalue weighted by molar-refractivity contribution is 0.0956. The Kier molecular flexibility index (Phi) is 4.23. The molecule has 1 heterocycles. The second-order valence-corrected chi connectivity index (χ2v) is 4.40. The van der Waals surface area contributed by atoms with Crippen LogP contribution in [0.15, 0.2) is 42.6 Å². The van der Waals surface area contributed by atoms with Crippen molar-refractivity contribution in [2.75, 3.05) is 11.9 Å². The standard InChI is InChI=1S/C15H19N3O/c1-3-16-15(19)12-6-8-13(9-7-12)17-11-14-5-4-10-18(14)2/h4-10,17H,3,11H2,1-2H3,(H,16,19). The zero-order valence-electron chi connectivity index (χ0n) is 11.3. The summed E-state index contributed by atoms with van der Waals surface area (Å²) >= 11 is 0. The quantitative estimate of drug-likeness (QED) is 0.864. The lowest BCUT2D eigenvalue weighted by Crippen LogP contribution is -2.22. The number of carbonyl (C=O) groups is 1. The van der Waals surface area contributed by atoms with E-state index in [1.807, 2.05) is 50.5 Å². The maximum absolute atomic E-state index is 11.6. The Morgan fingerprint density at radius 1 is 1.21 bits per heavy atom. The zero-order valence-corrected chi connectivity index (χ0v) is 11.3. The highest BCUT2D eigenvalue weighted by atomic mass is 16.1. The van der Waals surface area contributed by atoms with E-state index in [9.17, 15) is 4.79 Å². The molecule has 0 atom stereocenters. The van der Waals surface area contributed by atoms with E-state index in [1.54, 1.807) is 0 Å². The van der Waals surface area contributed by atoms with Gasteiger partial charge in [0.15, 0.2) is 0 Å². The lowest BCUT2D eigenvalue weighted by Gasteiger charge is -2.08. The van der Waals surface area contributed by atoms with Gasteiger partial charge in [0.05, 0.1) is 6.54 Å². The molecular weight excluding hydrogens is 238 g/mol. The Labute approximate surface area is 113 Å². The van der Waals surface area contributed by atoms with Gasteiger partial charge in [0.2, 0.25) is 0 Å². The minimum absolute atomic E-state index is 0.0310. The molecule has 1 aromatic carbocycles. The predicted octanol–water partition coefficient (Wildman–Crippen LogP) is 2.39. The summed E-state index contributed by atoms with van der Waals surface area (Å²) in [6.07, 6.45) is 2.02. The summed E-state index contributed by atoms with van der Waals surface area (Å²) in [6, 6.07) is 11.6. The number of aromatic nitrogens is 1. The van der Waals surface area contributed by atoms with E-state index in [-0.39, 0.29) is 5.91 Å². The first-order valence-corrected chi connectivity index (χ1v) is 6.43. The molecule has 0 spiro atoms. The molecule has 2 N–H and O–H groups in total. The molecule has 0 radical (unpaired) electrons. The van der Waals surface area contributed by atoms with Gasteiger partial charge in [-0.15, -0.1) is 0 Å². The third-order valence-corrected chi connectivity index (χ3v) is 3.01. The Bertz CT molecular complexity index is 543. The zero-order chi connectivity index (χ0) is 13.7. The second kappa shape index (κ2) is 6.09. The van der Waals surface area contributed by atoms with Gasteiger partial charge in [0.1, 0.15) is 0 Å². The number of nitrogens with one attached hydrogen (secondary N) is 2. The number of amides is 1. The third kappa shape index (κ3) is 3.37. The summed E-state index contributed by atoms with van der Waals surface area (Å²) in [5, 5.41) is 6.11. The molecule has 0 saturated carbocycles. The molecule has 4 nitrogen and oxygen atoms in total. The first-order valence-electron chi connectivity index (χ1n) is 6.43. The molecule has 2 aromatic rings. The van der Waals surface area contributed by atoms with Gasteiger partial charge in [-0.3, -0.25) is 4.79 Å². The Morgan fingerprint density at radius 2 is 1.95 bits per heavy atom. The van der Waals surface area contributed by atoms with Gasteiger partial charge in [-0.2, -0.15) is 0 Å². The van der Waals surface area contributed by atoms with Crippen LogP contribution in [0.1, 0.15) is 23.0 Å². The molecule has 0 aliphatic heterocycles. The highest BCUT2D eigenvalue weighted by Gasteiger charge is 2.03. The number of carbonyl (C=O) groups excluding carboxylic acids is 1. The fourth-order valence-corrected chi connectivity index (χ4v) is 1.87. The first kappa shape index (κ1) is 13.2. The van der Waals surface area contributed by atoms with Crippen LogP contribution in [0.4, 0.5) is 5.69 Å². The van der Waals surface area contributed by atoms with E-state index in [4.69, 9.17) is 0 Å². The number of benzene rings is 1. The van der Waals surface area contributed by atoms with Gasteiger partial charge in [-0.1, -0.05) is 0 Å². The highest BCUT2D eigenvalue weighted by Crippen LogP contribution is 2.11. The average molecular weight is 257 g/mol. The third-order valence-electron chi connectivity index (χ3n) is 3.01. The highest BCUT2D eigenvalue weighted by molar-refractivity contribution is 5.94. The van der Waals surface area contributed by atoms with Gasteiger partial charge < -0.3 is 15.2 Å². The molecule has 19 heavy (non-hydrogen) atoms. The van der Waals surface area contributed by atoms with Crippen molar-refractivity contribution < 1.29 is 4.79 Å². The van der Waals surface area contributed by atoms with E-state index >= 15 is 0 Å². The van der Waals surface area contributed by atoms with Crippen molar-refractivity contribution in [1.82, 2.24) is 9.88 Å². The summed E-state index contributed by atoms with van der Waals surface area (Å²) in [6.45, 7) is 3.32. The number of rotatable bonds is 5. The predicted molar refractivity (Wildman–Crippen MR) is 77.2 cm³/mol. The number of hydrogen-bond acceptors (Lipinski definition) is 2. The number of anilines is 1. The number of aryl methyl sites for hydroxylation is 1. The van der Waals surface area contributed by atoms with Gasteiger partial charge in [0, 0.05) is 36.7 Å². The maximum Gasteiger partial charge on any atom is 0.251 e. The monoisotopic (exact) mass is 257 g/mol. The molecule has 1 amide bonds. The van der Waals surface area contributed by atoms with E-state index in [0.717, 1.165) is 12.2 Å². The fourth-order valence-electron chi connectivity index (χ4n) is 1.87. The average Bonchev–Trinajstić information content (AvgIpc) is 2.83. The second-order valence-electron chi connectivity index (χ2n) is 4.40. The minimum Gasteiger partial charge on any atom is -0.379 e. The Morgan fingerprint density at radius 3 is 2.53 bits per heavy atom. The normalized spacial score (nSPS) is 10.2. The Hall–Kier alpha value is -2.23. The van der Waals surface area contributed by atoms with Crippen molar-refractivity contribution in [2.45, 2.75) is 13.5 Å². The molecule has 0 fully saturated rings. The fraction of sp³-hybridized carbons (Fsp3) is 0.267. The van der Waals surface area contributed by atoms with Gasteiger partial charge in [-0.25, -0.2) is 0 Å². The van der Waals surface area contributed by atoms with E-state index in [1.165, 1.54) is 5.69 Å². The Balaban J connectivity index is 1.95. The summed E-state index contributed by atoms with van der Waals surface area (Å²) in [7, 11) is 2.02. The number of hydrogen-bond donors (Lipinski definition) is 2. The summed E-state index contributed by atoms with van der Waals surface area (Å²) in [4.78, 5) is 11.6. The molecule has 0 aliphatic carbocycles. The van der Waals surface area contributed by atoms with E-state index < -0.39 is 0 Å². The largest absolute Gasteiger partial charge is 0.379 e. The lowest BCUT2D eigenvalue weighted by atomic mass is 10.2. The van der Waals surface area contributed by atoms with Crippen LogP contribution in [0.3, 0.4) is 0 Å². The molecule has 2 rings (SSSR count). The van der Waals surface area contributed by atoms with Crippen molar-refractivity contribution in [1.29, 1.82) is 0 Å². The molecule has 4 heteroatoms. The van der Waals surface area contributed by atoms with Crippen molar-refractivity contribution in [2.24, 2.45) is 7.05 Å². The van der Waals surface area contributed by atoms with Crippen molar-refractivity contribution in [3.05, 3.63) is 53.9 Å². The number of nitrogens with zero attached hydrogens (tertiary/aromatic N) is 1. The van der Waals surface area contributed by atoms with Crippen molar-refractivity contribution in [3.63, 3.8) is 0 Å². The molecule has 0 aliphatic rings. The van der Waals surface area contributed by atoms with Crippen LogP contribution in [0.5, 0.6) is 0 Å². The molecule has 0 bridgehead atoms. The van der Waals surface area contributed by atoms with Crippen LogP contribution in [0, 0.1) is 0 Å². The van der Waals surface area contributed by atoms with Gasteiger partial charge >= 0.3 is 0 Å². The summed E-state index contributed by atoms with van der Waals surface area (Å²) in [5.74, 6) is -0.0310. The van der Waals surface area contributed by atoms with Crippen molar-refractivity contribution >= 4 is 11.6 Å².